The largest absolute Gasteiger partial charge is 0.373 e. The topological polar surface area (TPSA) is 53.1 Å². The van der Waals surface area contributed by atoms with Crippen LogP contribution in [-0.2, 0) is 14.9 Å². The fourth-order valence-corrected chi connectivity index (χ4v) is 5.51. The summed E-state index contributed by atoms with van der Waals surface area (Å²) in [6.07, 6.45) is -0.155. The molecule has 3 rings (SSSR count). The number of piperazine rings is 1. The van der Waals surface area contributed by atoms with Crippen LogP contribution in [0.4, 0.5) is 0 Å². The number of morpholine rings is 1. The first-order valence-corrected chi connectivity index (χ1v) is 9.93. The lowest BCUT2D eigenvalue weighted by Gasteiger charge is -2.43. The molecule has 1 aromatic carbocycles. The Balaban J connectivity index is 1.89. The lowest BCUT2D eigenvalue weighted by Crippen LogP contribution is -2.57. The highest BCUT2D eigenvalue weighted by Crippen LogP contribution is 2.30. The molecule has 1 aromatic rings. The Labute approximate surface area is 145 Å². The Kier molecular flexibility index (Phi) is 5.27. The quantitative estimate of drug-likeness (QED) is 0.823. The van der Waals surface area contributed by atoms with Crippen molar-refractivity contribution in [1.29, 1.82) is 0 Å². The highest BCUT2D eigenvalue weighted by atomic mass is 32.2. The number of ether oxygens (including phenoxy) is 1. The van der Waals surface area contributed by atoms with Crippen LogP contribution >= 0.6 is 0 Å². The predicted octanol–water partition coefficient (Wildman–Crippen LogP) is 1.33. The van der Waals surface area contributed by atoms with Gasteiger partial charge in [0.15, 0.2) is 0 Å². The summed E-state index contributed by atoms with van der Waals surface area (Å²) in [6.45, 7) is 6.66. The summed E-state index contributed by atoms with van der Waals surface area (Å²) >= 11 is 0. The molecule has 134 valence electrons. The van der Waals surface area contributed by atoms with Crippen molar-refractivity contribution in [3.63, 3.8) is 0 Å². The van der Waals surface area contributed by atoms with Gasteiger partial charge in [0.2, 0.25) is 0 Å². The van der Waals surface area contributed by atoms with Crippen LogP contribution in [0.2, 0.25) is 0 Å². The molecule has 2 fully saturated rings. The molecule has 0 radical (unpaired) electrons. The number of hydrogen-bond donors (Lipinski definition) is 0. The van der Waals surface area contributed by atoms with Gasteiger partial charge in [0.1, 0.15) is 0 Å². The normalized spacial score (nSPS) is 31.2. The van der Waals surface area contributed by atoms with E-state index >= 15 is 0 Å². The minimum atomic E-state index is -3.51. The summed E-state index contributed by atoms with van der Waals surface area (Å²) in [5.41, 5.74) is 1.04. The minimum absolute atomic E-state index is 0.0776. The van der Waals surface area contributed by atoms with E-state index in [4.69, 9.17) is 4.74 Å². The van der Waals surface area contributed by atoms with E-state index in [1.165, 1.54) is 0 Å². The van der Waals surface area contributed by atoms with Crippen molar-refractivity contribution in [2.24, 2.45) is 0 Å². The van der Waals surface area contributed by atoms with Crippen molar-refractivity contribution < 1.29 is 13.2 Å². The van der Waals surface area contributed by atoms with Gasteiger partial charge in [0.05, 0.1) is 18.2 Å². The SMILES string of the molecule is CC1CN(S(=O)(=O)N2CCN(C)CC2c2ccccc2)CC(C)O1. The van der Waals surface area contributed by atoms with E-state index in [0.717, 1.165) is 12.1 Å². The maximum absolute atomic E-state index is 13.3. The second-order valence-electron chi connectivity index (χ2n) is 6.88. The molecule has 2 aliphatic rings. The maximum Gasteiger partial charge on any atom is 0.282 e. The second kappa shape index (κ2) is 7.09. The summed E-state index contributed by atoms with van der Waals surface area (Å²) in [5.74, 6) is 0. The third-order valence-electron chi connectivity index (χ3n) is 4.73. The first kappa shape index (κ1) is 17.8. The molecule has 0 aliphatic carbocycles. The van der Waals surface area contributed by atoms with E-state index in [-0.39, 0.29) is 18.2 Å². The van der Waals surface area contributed by atoms with Gasteiger partial charge in [0, 0.05) is 32.7 Å². The fourth-order valence-electron chi connectivity index (χ4n) is 3.59. The van der Waals surface area contributed by atoms with Crippen molar-refractivity contribution in [2.45, 2.75) is 32.1 Å². The molecular weight excluding hydrogens is 326 g/mol. The molecule has 2 aliphatic heterocycles. The molecule has 0 spiro atoms. The first-order valence-electron chi connectivity index (χ1n) is 8.54. The summed E-state index contributed by atoms with van der Waals surface area (Å²) in [5, 5.41) is 0. The van der Waals surface area contributed by atoms with Gasteiger partial charge >= 0.3 is 0 Å². The van der Waals surface area contributed by atoms with Crippen molar-refractivity contribution in [3.05, 3.63) is 35.9 Å². The molecule has 3 atom stereocenters. The van der Waals surface area contributed by atoms with E-state index < -0.39 is 10.2 Å². The van der Waals surface area contributed by atoms with Gasteiger partial charge in [-0.15, -0.1) is 0 Å². The molecule has 0 aromatic heterocycles. The van der Waals surface area contributed by atoms with Crippen LogP contribution in [-0.4, -0.2) is 73.9 Å². The van der Waals surface area contributed by atoms with Crippen LogP contribution in [0.25, 0.3) is 0 Å². The second-order valence-corrected chi connectivity index (χ2v) is 8.76. The Morgan fingerprint density at radius 1 is 1.00 bits per heavy atom. The Bertz CT molecular complexity index is 642. The highest BCUT2D eigenvalue weighted by Gasteiger charge is 2.41. The molecule has 3 unspecified atom stereocenters. The monoisotopic (exact) mass is 353 g/mol. The van der Waals surface area contributed by atoms with Crippen molar-refractivity contribution in [2.75, 3.05) is 39.8 Å². The van der Waals surface area contributed by atoms with E-state index in [1.807, 2.05) is 51.2 Å². The van der Waals surface area contributed by atoms with Crippen molar-refractivity contribution in [3.8, 4) is 0 Å². The van der Waals surface area contributed by atoms with E-state index in [0.29, 0.717) is 26.2 Å². The molecule has 0 N–H and O–H groups in total. The number of benzene rings is 1. The van der Waals surface area contributed by atoms with E-state index in [1.54, 1.807) is 8.61 Å². The van der Waals surface area contributed by atoms with Gasteiger partial charge in [-0.2, -0.15) is 17.0 Å². The summed E-state index contributed by atoms with van der Waals surface area (Å²) in [7, 11) is -1.47. The van der Waals surface area contributed by atoms with Crippen LogP contribution in [0.15, 0.2) is 30.3 Å². The molecule has 7 heteroatoms. The number of rotatable bonds is 3. The zero-order valence-electron chi connectivity index (χ0n) is 14.6. The van der Waals surface area contributed by atoms with Crippen molar-refractivity contribution in [1.82, 2.24) is 13.5 Å². The van der Waals surface area contributed by atoms with E-state index in [9.17, 15) is 8.42 Å². The molecular formula is C17H27N3O3S. The van der Waals surface area contributed by atoms with Gasteiger partial charge in [-0.05, 0) is 26.5 Å². The average Bonchev–Trinajstić information content (AvgIpc) is 2.54. The maximum atomic E-state index is 13.3. The van der Waals surface area contributed by atoms with Gasteiger partial charge in [-0.25, -0.2) is 0 Å². The van der Waals surface area contributed by atoms with Gasteiger partial charge in [-0.3, -0.25) is 0 Å². The molecule has 2 heterocycles. The Hall–Kier alpha value is -0.990. The van der Waals surface area contributed by atoms with Crippen molar-refractivity contribution >= 4 is 10.2 Å². The summed E-state index contributed by atoms with van der Waals surface area (Å²) in [4.78, 5) is 2.19. The number of likely N-dealkylation sites (N-methyl/N-ethyl adjacent to an activating group) is 1. The smallest absolute Gasteiger partial charge is 0.282 e. The zero-order valence-corrected chi connectivity index (χ0v) is 15.4. The Morgan fingerprint density at radius 2 is 1.62 bits per heavy atom. The predicted molar refractivity (Wildman–Crippen MR) is 93.9 cm³/mol. The van der Waals surface area contributed by atoms with Crippen LogP contribution in [0.5, 0.6) is 0 Å². The molecule has 24 heavy (non-hydrogen) atoms. The fraction of sp³-hybridized carbons (Fsp3) is 0.647. The minimum Gasteiger partial charge on any atom is -0.373 e. The summed E-state index contributed by atoms with van der Waals surface area (Å²) < 4.78 is 35.6. The third-order valence-corrected chi connectivity index (χ3v) is 6.71. The molecule has 6 nitrogen and oxygen atoms in total. The average molecular weight is 353 g/mol. The molecule has 2 saturated heterocycles. The first-order chi connectivity index (χ1) is 11.4. The van der Waals surface area contributed by atoms with Crippen LogP contribution in [0, 0.1) is 0 Å². The van der Waals surface area contributed by atoms with Crippen LogP contribution < -0.4 is 0 Å². The van der Waals surface area contributed by atoms with Gasteiger partial charge in [0.25, 0.3) is 10.2 Å². The lowest BCUT2D eigenvalue weighted by atomic mass is 10.1. The summed E-state index contributed by atoms with van der Waals surface area (Å²) in [6, 6.07) is 9.76. The van der Waals surface area contributed by atoms with Crippen LogP contribution in [0.1, 0.15) is 25.5 Å². The Morgan fingerprint density at radius 3 is 2.25 bits per heavy atom. The third kappa shape index (κ3) is 3.65. The van der Waals surface area contributed by atoms with Gasteiger partial charge < -0.3 is 9.64 Å². The molecule has 0 saturated carbocycles. The molecule has 0 bridgehead atoms. The van der Waals surface area contributed by atoms with Gasteiger partial charge in [-0.1, -0.05) is 30.3 Å². The van der Waals surface area contributed by atoms with Crippen LogP contribution in [0.3, 0.4) is 0 Å². The van der Waals surface area contributed by atoms with E-state index in [2.05, 4.69) is 4.90 Å². The number of nitrogens with zero attached hydrogens (tertiary/aromatic N) is 3. The zero-order chi connectivity index (χ0) is 17.3. The lowest BCUT2D eigenvalue weighted by molar-refractivity contribution is -0.0462. The molecule has 0 amide bonds. The highest BCUT2D eigenvalue weighted by molar-refractivity contribution is 7.86. The standard InChI is InChI=1S/C17H27N3O3S/c1-14-11-19(12-15(2)23-14)24(21,22)20-10-9-18(3)13-17(20)16-7-5-4-6-8-16/h4-8,14-15,17H,9-13H2,1-3H3. The number of hydrogen-bond acceptors (Lipinski definition) is 4.